The number of aromatic nitrogens is 1. The summed E-state index contributed by atoms with van der Waals surface area (Å²) in [5, 5.41) is 4.91. The standard InChI is InChI=1S/C65H42N2S/c1-4-20-43(21-5-1)47-28-18-29-48(44-22-6-2-7-23-44)64(47)67(46-38-40-60-53(42-46)50-27-11-15-35-58(50)66(60)45-24-8-3-9-25-45)59-41-39-51-49-26-10-12-31-54(49)65(57-34-19-30-52(59)63(51)57)55-32-13-16-36-61(55)68-62-37-17-14-33-56(62)65/h1-42H. The molecule has 2 aliphatic rings. The quantitative estimate of drug-likeness (QED) is 0.164. The maximum absolute atomic E-state index is 2.58. The Hall–Kier alpha value is -8.37. The molecule has 68 heavy (non-hydrogen) atoms. The Morgan fingerprint density at radius 1 is 0.353 bits per heavy atom. The van der Waals surface area contributed by atoms with Crippen LogP contribution in [0.25, 0.3) is 71.6 Å². The Morgan fingerprint density at radius 2 is 0.882 bits per heavy atom. The van der Waals surface area contributed by atoms with E-state index < -0.39 is 5.41 Å². The first kappa shape index (κ1) is 38.9. The highest BCUT2D eigenvalue weighted by molar-refractivity contribution is 7.99. The minimum atomic E-state index is -0.541. The fraction of sp³-hybridized carbons (Fsp3) is 0.0154. The lowest BCUT2D eigenvalue weighted by Gasteiger charge is -2.46. The van der Waals surface area contributed by atoms with Crippen LogP contribution in [0.3, 0.4) is 0 Å². The minimum absolute atomic E-state index is 0.541. The molecule has 0 unspecified atom stereocenters. The van der Waals surface area contributed by atoms with Crippen molar-refractivity contribution < 1.29 is 0 Å². The van der Waals surface area contributed by atoms with Gasteiger partial charge in [-0.1, -0.05) is 212 Å². The number of nitrogens with zero attached hydrogens (tertiary/aromatic N) is 2. The molecule has 0 bridgehead atoms. The number of hydrogen-bond donors (Lipinski definition) is 0. The fourth-order valence-corrected chi connectivity index (χ4v) is 12.9. The van der Waals surface area contributed by atoms with Gasteiger partial charge in [0, 0.05) is 48.5 Å². The molecule has 318 valence electrons. The second-order valence-electron chi connectivity index (χ2n) is 17.9. The van der Waals surface area contributed by atoms with Crippen LogP contribution in [0.4, 0.5) is 17.1 Å². The van der Waals surface area contributed by atoms with Gasteiger partial charge in [0.25, 0.3) is 0 Å². The van der Waals surface area contributed by atoms with E-state index in [0.717, 1.165) is 45.0 Å². The Kier molecular flexibility index (Phi) is 8.77. The fourth-order valence-electron chi connectivity index (χ4n) is 11.7. The number of rotatable bonds is 6. The Balaban J connectivity index is 1.13. The van der Waals surface area contributed by atoms with Crippen LogP contribution in [0.15, 0.2) is 265 Å². The molecule has 1 aliphatic heterocycles. The summed E-state index contributed by atoms with van der Waals surface area (Å²) in [5.74, 6) is 0. The van der Waals surface area contributed by atoms with Gasteiger partial charge in [-0.25, -0.2) is 0 Å². The summed E-state index contributed by atoms with van der Waals surface area (Å²) in [6.07, 6.45) is 0. The third-order valence-electron chi connectivity index (χ3n) is 14.4. The second kappa shape index (κ2) is 15.4. The van der Waals surface area contributed by atoms with Crippen LogP contribution in [0.5, 0.6) is 0 Å². The number of para-hydroxylation sites is 3. The van der Waals surface area contributed by atoms with Crippen molar-refractivity contribution in [2.24, 2.45) is 0 Å². The Bertz CT molecular complexity index is 3840. The lowest BCUT2D eigenvalue weighted by molar-refractivity contribution is 0.707. The van der Waals surface area contributed by atoms with Gasteiger partial charge < -0.3 is 9.47 Å². The van der Waals surface area contributed by atoms with E-state index in [-0.39, 0.29) is 0 Å². The molecular weight excluding hydrogens is 841 g/mol. The molecule has 0 amide bonds. The minimum Gasteiger partial charge on any atom is -0.309 e. The lowest BCUT2D eigenvalue weighted by atomic mass is 9.59. The molecule has 0 saturated heterocycles. The molecule has 3 heteroatoms. The van der Waals surface area contributed by atoms with Gasteiger partial charge in [-0.15, -0.1) is 0 Å². The largest absolute Gasteiger partial charge is 0.309 e. The van der Waals surface area contributed by atoms with Crippen LogP contribution in [0.1, 0.15) is 22.3 Å². The van der Waals surface area contributed by atoms with E-state index >= 15 is 0 Å². The van der Waals surface area contributed by atoms with Crippen molar-refractivity contribution in [3.05, 3.63) is 277 Å². The van der Waals surface area contributed by atoms with Crippen molar-refractivity contribution in [1.82, 2.24) is 4.57 Å². The topological polar surface area (TPSA) is 8.17 Å². The zero-order valence-electron chi connectivity index (χ0n) is 37.1. The van der Waals surface area contributed by atoms with E-state index in [9.17, 15) is 0 Å². The molecule has 0 radical (unpaired) electrons. The van der Waals surface area contributed by atoms with Gasteiger partial charge in [-0.2, -0.15) is 0 Å². The van der Waals surface area contributed by atoms with Crippen LogP contribution in [-0.2, 0) is 5.41 Å². The van der Waals surface area contributed by atoms with Gasteiger partial charge in [-0.3, -0.25) is 0 Å². The molecule has 0 fully saturated rings. The predicted octanol–water partition coefficient (Wildman–Crippen LogP) is 17.6. The smallest absolute Gasteiger partial charge is 0.0735 e. The molecule has 14 rings (SSSR count). The van der Waals surface area contributed by atoms with Crippen molar-refractivity contribution in [2.45, 2.75) is 15.2 Å². The summed E-state index contributed by atoms with van der Waals surface area (Å²) in [6, 6.07) is 94.6. The zero-order valence-corrected chi connectivity index (χ0v) is 37.9. The molecule has 0 atom stereocenters. The normalized spacial score (nSPS) is 13.1. The van der Waals surface area contributed by atoms with Crippen LogP contribution in [0, 0.1) is 0 Å². The molecular formula is C65H42N2S. The van der Waals surface area contributed by atoms with E-state index in [1.807, 2.05) is 11.8 Å². The molecule has 12 aromatic rings. The van der Waals surface area contributed by atoms with Gasteiger partial charge in [0.15, 0.2) is 0 Å². The summed E-state index contributed by atoms with van der Waals surface area (Å²) in [6.45, 7) is 0. The highest BCUT2D eigenvalue weighted by atomic mass is 32.2. The van der Waals surface area contributed by atoms with Crippen molar-refractivity contribution in [3.8, 4) is 39.1 Å². The Morgan fingerprint density at radius 3 is 1.59 bits per heavy atom. The summed E-state index contributed by atoms with van der Waals surface area (Å²) in [7, 11) is 0. The van der Waals surface area contributed by atoms with Crippen LogP contribution >= 0.6 is 11.8 Å². The van der Waals surface area contributed by atoms with Gasteiger partial charge in [0.2, 0.25) is 0 Å². The van der Waals surface area contributed by atoms with Crippen LogP contribution < -0.4 is 4.90 Å². The van der Waals surface area contributed by atoms with Gasteiger partial charge in [0.1, 0.15) is 0 Å². The Labute approximate surface area is 400 Å². The highest BCUT2D eigenvalue weighted by Gasteiger charge is 2.48. The van der Waals surface area contributed by atoms with E-state index in [0.29, 0.717) is 0 Å². The average Bonchev–Trinajstić information content (AvgIpc) is 3.74. The second-order valence-corrected chi connectivity index (χ2v) is 19.0. The molecule has 0 saturated carbocycles. The first-order chi connectivity index (χ1) is 33.8. The average molecular weight is 883 g/mol. The monoisotopic (exact) mass is 882 g/mol. The van der Waals surface area contributed by atoms with E-state index in [4.69, 9.17) is 0 Å². The maximum atomic E-state index is 2.58. The molecule has 2 heterocycles. The molecule has 0 N–H and O–H groups in total. The first-order valence-electron chi connectivity index (χ1n) is 23.4. The van der Waals surface area contributed by atoms with E-state index in [1.165, 1.54) is 75.7 Å². The summed E-state index contributed by atoms with van der Waals surface area (Å²) < 4.78 is 2.41. The third kappa shape index (κ3) is 5.60. The van der Waals surface area contributed by atoms with E-state index in [1.54, 1.807) is 0 Å². The molecule has 1 aromatic heterocycles. The number of benzene rings is 11. The van der Waals surface area contributed by atoms with Crippen molar-refractivity contribution in [2.75, 3.05) is 4.90 Å². The molecule has 2 nitrogen and oxygen atoms in total. The van der Waals surface area contributed by atoms with Gasteiger partial charge in [-0.05, 0) is 104 Å². The molecule has 11 aromatic carbocycles. The highest BCUT2D eigenvalue weighted by Crippen LogP contribution is 2.62. The van der Waals surface area contributed by atoms with Gasteiger partial charge in [0.05, 0.1) is 27.8 Å². The molecule has 1 spiro atoms. The third-order valence-corrected chi connectivity index (χ3v) is 15.6. The summed E-state index contributed by atoms with van der Waals surface area (Å²) in [5.41, 5.74) is 18.8. The summed E-state index contributed by atoms with van der Waals surface area (Å²) >= 11 is 1.89. The molecule has 1 aliphatic carbocycles. The van der Waals surface area contributed by atoms with Crippen molar-refractivity contribution >= 4 is 61.4 Å². The van der Waals surface area contributed by atoms with Crippen LogP contribution in [0.2, 0.25) is 0 Å². The SMILES string of the molecule is c1ccc(-c2cccc(-c3ccccc3)c2N(c2ccc3c(c2)c2ccccc2n3-c2ccccc2)c2ccc3c4c(cccc24)C2(c4ccccc4Sc4ccccc42)c2ccccc2-3)cc1. The number of anilines is 3. The van der Waals surface area contributed by atoms with Crippen molar-refractivity contribution in [1.29, 1.82) is 0 Å². The zero-order chi connectivity index (χ0) is 44.8. The van der Waals surface area contributed by atoms with E-state index in [2.05, 4.69) is 264 Å². The number of hydrogen-bond acceptors (Lipinski definition) is 2. The predicted molar refractivity (Wildman–Crippen MR) is 285 cm³/mol. The number of fused-ring (bicyclic) bond motifs is 11. The first-order valence-corrected chi connectivity index (χ1v) is 24.2. The van der Waals surface area contributed by atoms with Crippen molar-refractivity contribution in [3.63, 3.8) is 0 Å². The van der Waals surface area contributed by atoms with Crippen LogP contribution in [-0.4, -0.2) is 4.57 Å². The lowest BCUT2D eigenvalue weighted by Crippen LogP contribution is -2.36. The summed E-state index contributed by atoms with van der Waals surface area (Å²) in [4.78, 5) is 5.17. The maximum Gasteiger partial charge on any atom is 0.0735 e. The van der Waals surface area contributed by atoms with Gasteiger partial charge >= 0.3 is 0 Å².